The van der Waals surface area contributed by atoms with Crippen molar-refractivity contribution in [2.45, 2.75) is 26.8 Å². The fraction of sp³-hybridized carbons (Fsp3) is 0.353. The third-order valence-corrected chi connectivity index (χ3v) is 4.96. The Hall–Kier alpha value is -1.81. The van der Waals surface area contributed by atoms with Crippen LogP contribution in [0.4, 0.5) is 5.69 Å². The third-order valence-electron chi connectivity index (χ3n) is 3.94. The summed E-state index contributed by atoms with van der Waals surface area (Å²) in [6.07, 6.45) is 0.979. The van der Waals surface area contributed by atoms with E-state index in [1.165, 1.54) is 10.4 Å². The zero-order valence-corrected chi connectivity index (χ0v) is 13.3. The van der Waals surface area contributed by atoms with Crippen LogP contribution in [-0.4, -0.2) is 23.9 Å². The van der Waals surface area contributed by atoms with Gasteiger partial charge in [0.1, 0.15) is 0 Å². The zero-order chi connectivity index (χ0) is 14.8. The molecule has 1 N–H and O–H groups in total. The van der Waals surface area contributed by atoms with Gasteiger partial charge in [0.25, 0.3) is 5.91 Å². The van der Waals surface area contributed by atoms with Gasteiger partial charge in [-0.3, -0.25) is 4.79 Å². The molecule has 110 valence electrons. The number of anilines is 1. The summed E-state index contributed by atoms with van der Waals surface area (Å²) in [4.78, 5) is 16.0. The lowest BCUT2D eigenvalue weighted by molar-refractivity contribution is 0.0736. The highest BCUT2D eigenvalue weighted by Crippen LogP contribution is 2.25. The summed E-state index contributed by atoms with van der Waals surface area (Å²) in [6.45, 7) is 6.57. The number of fused-ring (bicyclic) bond motifs is 1. The Labute approximate surface area is 129 Å². The first-order valence-corrected chi connectivity index (χ1v) is 8.26. The van der Waals surface area contributed by atoms with Crippen LogP contribution < -0.4 is 5.32 Å². The second kappa shape index (κ2) is 5.90. The van der Waals surface area contributed by atoms with Gasteiger partial charge in [-0.2, -0.15) is 0 Å². The molecule has 3 nitrogen and oxygen atoms in total. The molecule has 0 fully saturated rings. The smallest absolute Gasteiger partial charge is 0.254 e. The highest BCUT2D eigenvalue weighted by molar-refractivity contribution is 7.10. The number of nitrogens with one attached hydrogen (secondary N) is 1. The third kappa shape index (κ3) is 2.81. The molecule has 0 saturated heterocycles. The number of aryl methyl sites for hydroxylation is 1. The second-order valence-corrected chi connectivity index (χ2v) is 6.41. The van der Waals surface area contributed by atoms with Crippen molar-refractivity contribution < 1.29 is 4.79 Å². The van der Waals surface area contributed by atoms with E-state index in [9.17, 15) is 4.79 Å². The first kappa shape index (κ1) is 14.1. The first-order valence-electron chi connectivity index (χ1n) is 7.38. The number of hydrogen-bond donors (Lipinski definition) is 1. The monoisotopic (exact) mass is 300 g/mol. The van der Waals surface area contributed by atoms with Gasteiger partial charge in [-0.25, -0.2) is 0 Å². The summed E-state index contributed by atoms with van der Waals surface area (Å²) in [6, 6.07) is 8.06. The molecule has 1 aromatic carbocycles. The van der Waals surface area contributed by atoms with Gasteiger partial charge in [0.15, 0.2) is 0 Å². The van der Waals surface area contributed by atoms with Gasteiger partial charge < -0.3 is 10.2 Å². The Morgan fingerprint density at radius 1 is 1.38 bits per heavy atom. The summed E-state index contributed by atoms with van der Waals surface area (Å²) >= 11 is 1.80. The maximum absolute atomic E-state index is 12.7. The standard InChI is InChI=1S/C17H20N2OS/c1-3-18-15-5-4-13(10-12(15)2)17(20)19-8-6-16-14(11-19)7-9-21-16/h4-5,7,9-10,18H,3,6,8,11H2,1-2H3. The Kier molecular flexibility index (Phi) is 3.97. The molecule has 2 heterocycles. The van der Waals surface area contributed by atoms with E-state index < -0.39 is 0 Å². The number of benzene rings is 1. The second-order valence-electron chi connectivity index (χ2n) is 5.41. The molecule has 0 aliphatic carbocycles. The lowest BCUT2D eigenvalue weighted by Crippen LogP contribution is -2.35. The fourth-order valence-electron chi connectivity index (χ4n) is 2.79. The zero-order valence-electron chi connectivity index (χ0n) is 12.5. The molecular formula is C17H20N2OS. The van der Waals surface area contributed by atoms with Gasteiger partial charge in [0.05, 0.1) is 0 Å². The van der Waals surface area contributed by atoms with E-state index in [1.54, 1.807) is 11.3 Å². The minimum atomic E-state index is 0.137. The predicted molar refractivity (Wildman–Crippen MR) is 88.1 cm³/mol. The number of amides is 1. The molecule has 1 aliphatic heterocycles. The maximum atomic E-state index is 12.7. The van der Waals surface area contributed by atoms with Gasteiger partial charge in [-0.1, -0.05) is 0 Å². The molecule has 0 radical (unpaired) electrons. The summed E-state index contributed by atoms with van der Waals surface area (Å²) in [7, 11) is 0. The lowest BCUT2D eigenvalue weighted by Gasteiger charge is -2.27. The molecular weight excluding hydrogens is 280 g/mol. The topological polar surface area (TPSA) is 32.3 Å². The number of carbonyl (C=O) groups is 1. The molecule has 3 rings (SSSR count). The van der Waals surface area contributed by atoms with Crippen molar-refractivity contribution in [1.82, 2.24) is 4.90 Å². The van der Waals surface area contributed by atoms with E-state index in [0.717, 1.165) is 42.9 Å². The normalized spacial score (nSPS) is 13.9. The predicted octanol–water partition coefficient (Wildman–Crippen LogP) is 3.69. The van der Waals surface area contributed by atoms with Gasteiger partial charge in [0, 0.05) is 35.8 Å². The van der Waals surface area contributed by atoms with E-state index in [0.29, 0.717) is 0 Å². The number of rotatable bonds is 3. The van der Waals surface area contributed by atoms with Crippen molar-refractivity contribution in [1.29, 1.82) is 0 Å². The van der Waals surface area contributed by atoms with Crippen molar-refractivity contribution in [3.05, 3.63) is 51.2 Å². The SMILES string of the molecule is CCNc1ccc(C(=O)N2CCc3sccc3C2)cc1C. The van der Waals surface area contributed by atoms with Gasteiger partial charge >= 0.3 is 0 Å². The maximum Gasteiger partial charge on any atom is 0.254 e. The van der Waals surface area contributed by atoms with Crippen LogP contribution in [0.2, 0.25) is 0 Å². The molecule has 21 heavy (non-hydrogen) atoms. The molecule has 0 spiro atoms. The van der Waals surface area contributed by atoms with Crippen LogP contribution in [0.15, 0.2) is 29.6 Å². The van der Waals surface area contributed by atoms with Gasteiger partial charge in [0.2, 0.25) is 0 Å². The van der Waals surface area contributed by atoms with Crippen LogP contribution in [0, 0.1) is 6.92 Å². The van der Waals surface area contributed by atoms with E-state index in [4.69, 9.17) is 0 Å². The average Bonchev–Trinajstić information content (AvgIpc) is 2.96. The number of carbonyl (C=O) groups excluding carboxylic acids is 1. The van der Waals surface area contributed by atoms with Crippen LogP contribution in [-0.2, 0) is 13.0 Å². The molecule has 0 atom stereocenters. The fourth-order valence-corrected chi connectivity index (χ4v) is 3.68. The summed E-state index contributed by atoms with van der Waals surface area (Å²) in [5, 5.41) is 5.43. The average molecular weight is 300 g/mol. The van der Waals surface area contributed by atoms with Crippen LogP contribution in [0.3, 0.4) is 0 Å². The van der Waals surface area contributed by atoms with Crippen molar-refractivity contribution in [3.8, 4) is 0 Å². The van der Waals surface area contributed by atoms with Crippen molar-refractivity contribution in [2.75, 3.05) is 18.4 Å². The summed E-state index contributed by atoms with van der Waals surface area (Å²) in [5.74, 6) is 0.137. The molecule has 4 heteroatoms. The Balaban J connectivity index is 1.78. The van der Waals surface area contributed by atoms with E-state index >= 15 is 0 Å². The lowest BCUT2D eigenvalue weighted by atomic mass is 10.1. The molecule has 2 aromatic rings. The summed E-state index contributed by atoms with van der Waals surface area (Å²) in [5.41, 5.74) is 4.32. The molecule has 1 aliphatic rings. The van der Waals surface area contributed by atoms with Gasteiger partial charge in [-0.05, 0) is 61.0 Å². The molecule has 0 unspecified atom stereocenters. The van der Waals surface area contributed by atoms with E-state index in [-0.39, 0.29) is 5.91 Å². The largest absolute Gasteiger partial charge is 0.385 e. The van der Waals surface area contributed by atoms with Crippen molar-refractivity contribution >= 4 is 22.9 Å². The number of thiophene rings is 1. The minimum Gasteiger partial charge on any atom is -0.385 e. The Morgan fingerprint density at radius 3 is 3.00 bits per heavy atom. The first-order chi connectivity index (χ1) is 10.2. The van der Waals surface area contributed by atoms with Crippen molar-refractivity contribution in [2.24, 2.45) is 0 Å². The van der Waals surface area contributed by atoms with Crippen LogP contribution in [0.1, 0.15) is 33.3 Å². The van der Waals surface area contributed by atoms with Gasteiger partial charge in [-0.15, -0.1) is 11.3 Å². The van der Waals surface area contributed by atoms with Crippen LogP contribution >= 0.6 is 11.3 Å². The quantitative estimate of drug-likeness (QED) is 0.937. The van der Waals surface area contributed by atoms with Crippen LogP contribution in [0.25, 0.3) is 0 Å². The molecule has 0 saturated carbocycles. The molecule has 1 amide bonds. The minimum absolute atomic E-state index is 0.137. The highest BCUT2D eigenvalue weighted by Gasteiger charge is 2.22. The molecule has 1 aromatic heterocycles. The molecule has 0 bridgehead atoms. The van der Waals surface area contributed by atoms with Crippen molar-refractivity contribution in [3.63, 3.8) is 0 Å². The number of nitrogens with zero attached hydrogens (tertiary/aromatic N) is 1. The highest BCUT2D eigenvalue weighted by atomic mass is 32.1. The number of hydrogen-bond acceptors (Lipinski definition) is 3. The summed E-state index contributed by atoms with van der Waals surface area (Å²) < 4.78 is 0. The Morgan fingerprint density at radius 2 is 2.24 bits per heavy atom. The Bertz CT molecular complexity index is 663. The van der Waals surface area contributed by atoms with E-state index in [1.807, 2.05) is 30.0 Å². The van der Waals surface area contributed by atoms with E-state index in [2.05, 4.69) is 23.7 Å². The van der Waals surface area contributed by atoms with Crippen LogP contribution in [0.5, 0.6) is 0 Å².